The molecular weight excluding hydrogens is 370 g/mol. The van der Waals surface area contributed by atoms with E-state index in [9.17, 15) is 9.59 Å². The molecule has 0 radical (unpaired) electrons. The molecule has 0 saturated carbocycles. The molecule has 0 N–H and O–H groups in total. The Morgan fingerprint density at radius 1 is 1.12 bits per heavy atom. The maximum atomic E-state index is 12.8. The molecule has 5 heteroatoms. The Morgan fingerprint density at radius 2 is 1.79 bits per heavy atom. The van der Waals surface area contributed by atoms with E-state index in [2.05, 4.69) is 15.9 Å². The van der Waals surface area contributed by atoms with E-state index in [0.717, 1.165) is 27.4 Å². The van der Waals surface area contributed by atoms with Crippen LogP contribution in [-0.2, 0) is 17.1 Å². The van der Waals surface area contributed by atoms with E-state index in [1.165, 1.54) is 11.7 Å². The molecular formula is C19H16BrNO3. The average Bonchev–Trinajstić information content (AvgIpc) is 2.64. The zero-order valence-electron chi connectivity index (χ0n) is 13.4. The van der Waals surface area contributed by atoms with E-state index >= 15 is 0 Å². The third-order valence-corrected chi connectivity index (χ3v) is 4.74. The zero-order chi connectivity index (χ0) is 17.3. The fourth-order valence-electron chi connectivity index (χ4n) is 2.85. The van der Waals surface area contributed by atoms with Crippen LogP contribution in [-0.4, -0.2) is 17.6 Å². The molecule has 0 atom stereocenters. The molecule has 1 heterocycles. The summed E-state index contributed by atoms with van der Waals surface area (Å²) in [6, 6.07) is 15.3. The average molecular weight is 386 g/mol. The lowest BCUT2D eigenvalue weighted by Crippen LogP contribution is -2.26. The first-order valence-corrected chi connectivity index (χ1v) is 8.56. The summed E-state index contributed by atoms with van der Waals surface area (Å²) >= 11 is 3.42. The van der Waals surface area contributed by atoms with Gasteiger partial charge in [0.15, 0.2) is 0 Å². The molecule has 3 rings (SSSR count). The first-order valence-electron chi connectivity index (χ1n) is 7.43. The molecule has 24 heavy (non-hydrogen) atoms. The van der Waals surface area contributed by atoms with Crippen LogP contribution in [0.15, 0.2) is 53.3 Å². The number of halogens is 1. The SMILES string of the molecule is COC(=O)c1c(-c2ccc(CBr)cc2)c2ccccc2n(C)c1=O. The van der Waals surface area contributed by atoms with Gasteiger partial charge in [0.25, 0.3) is 5.56 Å². The van der Waals surface area contributed by atoms with E-state index in [4.69, 9.17) is 4.74 Å². The van der Waals surface area contributed by atoms with Crippen LogP contribution in [0.4, 0.5) is 0 Å². The third-order valence-electron chi connectivity index (χ3n) is 4.09. The monoisotopic (exact) mass is 385 g/mol. The number of carbonyl (C=O) groups excluding carboxylic acids is 1. The van der Waals surface area contributed by atoms with E-state index < -0.39 is 5.97 Å². The van der Waals surface area contributed by atoms with Crippen LogP contribution in [0, 0.1) is 0 Å². The van der Waals surface area contributed by atoms with Crippen molar-refractivity contribution in [2.75, 3.05) is 7.11 Å². The fraction of sp³-hybridized carbons (Fsp3) is 0.158. The van der Waals surface area contributed by atoms with Gasteiger partial charge in [-0.1, -0.05) is 58.4 Å². The van der Waals surface area contributed by atoms with Crippen LogP contribution in [0.2, 0.25) is 0 Å². The summed E-state index contributed by atoms with van der Waals surface area (Å²) in [5.41, 5.74) is 3.02. The number of fused-ring (bicyclic) bond motifs is 1. The minimum absolute atomic E-state index is 0.0605. The number of carbonyl (C=O) groups is 1. The zero-order valence-corrected chi connectivity index (χ0v) is 15.0. The number of ether oxygens (including phenoxy) is 1. The first-order chi connectivity index (χ1) is 11.6. The molecule has 3 aromatic rings. The first kappa shape index (κ1) is 16.5. The van der Waals surface area contributed by atoms with E-state index in [0.29, 0.717) is 5.56 Å². The maximum absolute atomic E-state index is 12.8. The smallest absolute Gasteiger partial charge is 0.344 e. The maximum Gasteiger partial charge on any atom is 0.344 e. The van der Waals surface area contributed by atoms with Crippen LogP contribution in [0.1, 0.15) is 15.9 Å². The van der Waals surface area contributed by atoms with Crippen LogP contribution < -0.4 is 5.56 Å². The number of hydrogen-bond donors (Lipinski definition) is 0. The lowest BCUT2D eigenvalue weighted by molar-refractivity contribution is 0.0599. The largest absolute Gasteiger partial charge is 0.465 e. The standard InChI is InChI=1S/C19H16BrNO3/c1-21-15-6-4-3-5-14(15)16(17(18(21)22)19(23)24-2)13-9-7-12(11-20)8-10-13/h3-10H,11H2,1-2H3. The molecule has 0 aliphatic heterocycles. The molecule has 4 nitrogen and oxygen atoms in total. The van der Waals surface area contributed by atoms with Gasteiger partial charge in [-0.3, -0.25) is 4.79 Å². The molecule has 122 valence electrons. The van der Waals surface area contributed by atoms with Gasteiger partial charge in [0, 0.05) is 23.3 Å². The number of aryl methyl sites for hydroxylation is 1. The van der Waals surface area contributed by atoms with Gasteiger partial charge in [0.05, 0.1) is 12.6 Å². The molecule has 0 spiro atoms. The topological polar surface area (TPSA) is 48.3 Å². The van der Waals surface area contributed by atoms with Crippen LogP contribution >= 0.6 is 15.9 Å². The van der Waals surface area contributed by atoms with E-state index in [-0.39, 0.29) is 11.1 Å². The predicted octanol–water partition coefficient (Wildman–Crippen LogP) is 3.89. The summed E-state index contributed by atoms with van der Waals surface area (Å²) < 4.78 is 6.35. The highest BCUT2D eigenvalue weighted by Gasteiger charge is 2.22. The van der Waals surface area contributed by atoms with Crippen molar-refractivity contribution in [3.8, 4) is 11.1 Å². The Kier molecular flexibility index (Phi) is 4.53. The number of methoxy groups -OCH3 is 1. The van der Waals surface area contributed by atoms with Gasteiger partial charge >= 0.3 is 5.97 Å². The fourth-order valence-corrected chi connectivity index (χ4v) is 3.22. The summed E-state index contributed by atoms with van der Waals surface area (Å²) in [5.74, 6) is -0.624. The highest BCUT2D eigenvalue weighted by molar-refractivity contribution is 9.08. The number of benzene rings is 2. The molecule has 0 unspecified atom stereocenters. The predicted molar refractivity (Wildman–Crippen MR) is 98.6 cm³/mol. The molecule has 0 saturated heterocycles. The van der Waals surface area contributed by atoms with Gasteiger partial charge in [-0.05, 0) is 17.2 Å². The Bertz CT molecular complexity index is 974. The summed E-state index contributed by atoms with van der Waals surface area (Å²) in [6.45, 7) is 0. The van der Waals surface area contributed by atoms with Crippen molar-refractivity contribution in [2.45, 2.75) is 5.33 Å². The Hall–Kier alpha value is -2.40. The Labute approximate surface area is 147 Å². The van der Waals surface area contributed by atoms with Gasteiger partial charge in [-0.15, -0.1) is 0 Å². The summed E-state index contributed by atoms with van der Waals surface area (Å²) in [6.07, 6.45) is 0. The molecule has 0 aliphatic carbocycles. The normalized spacial score (nSPS) is 10.8. The molecule has 2 aromatic carbocycles. The minimum atomic E-state index is -0.624. The number of pyridine rings is 1. The van der Waals surface area contributed by atoms with Gasteiger partial charge in [-0.25, -0.2) is 4.79 Å². The van der Waals surface area contributed by atoms with Crippen molar-refractivity contribution < 1.29 is 9.53 Å². The van der Waals surface area contributed by atoms with E-state index in [1.54, 1.807) is 7.05 Å². The number of alkyl halides is 1. The second-order valence-electron chi connectivity index (χ2n) is 5.45. The van der Waals surface area contributed by atoms with Crippen molar-refractivity contribution in [1.29, 1.82) is 0 Å². The molecule has 0 bridgehead atoms. The molecule has 1 aromatic heterocycles. The number of hydrogen-bond acceptors (Lipinski definition) is 3. The number of nitrogens with zero attached hydrogens (tertiary/aromatic N) is 1. The number of rotatable bonds is 3. The molecule has 0 aliphatic rings. The van der Waals surface area contributed by atoms with E-state index in [1.807, 2.05) is 48.5 Å². The molecule has 0 amide bonds. The number of para-hydroxylation sites is 1. The van der Waals surface area contributed by atoms with Crippen LogP contribution in [0.5, 0.6) is 0 Å². The van der Waals surface area contributed by atoms with Crippen molar-refractivity contribution in [2.24, 2.45) is 7.05 Å². The van der Waals surface area contributed by atoms with Gasteiger partial charge < -0.3 is 9.30 Å². The quantitative estimate of drug-likeness (QED) is 0.507. The Balaban J connectivity index is 2.45. The second-order valence-corrected chi connectivity index (χ2v) is 6.01. The highest BCUT2D eigenvalue weighted by Crippen LogP contribution is 2.31. The lowest BCUT2D eigenvalue weighted by atomic mass is 9.95. The number of esters is 1. The Morgan fingerprint density at radius 3 is 2.42 bits per heavy atom. The van der Waals surface area contributed by atoms with Crippen LogP contribution in [0.25, 0.3) is 22.0 Å². The second kappa shape index (κ2) is 6.61. The third kappa shape index (κ3) is 2.65. The summed E-state index contributed by atoms with van der Waals surface area (Å²) in [7, 11) is 2.95. The highest BCUT2D eigenvalue weighted by atomic mass is 79.9. The molecule has 0 fully saturated rings. The van der Waals surface area contributed by atoms with Gasteiger partial charge in [-0.2, -0.15) is 0 Å². The van der Waals surface area contributed by atoms with Gasteiger partial charge in [0.2, 0.25) is 0 Å². The van der Waals surface area contributed by atoms with Crippen LogP contribution in [0.3, 0.4) is 0 Å². The van der Waals surface area contributed by atoms with Crippen molar-refractivity contribution in [3.05, 3.63) is 70.0 Å². The minimum Gasteiger partial charge on any atom is -0.465 e. The van der Waals surface area contributed by atoms with Gasteiger partial charge in [0.1, 0.15) is 5.56 Å². The summed E-state index contributed by atoms with van der Waals surface area (Å²) in [5, 5.41) is 1.58. The summed E-state index contributed by atoms with van der Waals surface area (Å²) in [4.78, 5) is 25.1. The van der Waals surface area contributed by atoms with Crippen molar-refractivity contribution >= 4 is 32.8 Å². The van der Waals surface area contributed by atoms with Crippen molar-refractivity contribution in [3.63, 3.8) is 0 Å². The lowest BCUT2D eigenvalue weighted by Gasteiger charge is -2.15. The number of aromatic nitrogens is 1. The van der Waals surface area contributed by atoms with Crippen molar-refractivity contribution in [1.82, 2.24) is 4.57 Å².